The zero-order valence-electron chi connectivity index (χ0n) is 8.80. The molecule has 16 heavy (non-hydrogen) atoms. The zero-order valence-corrected chi connectivity index (χ0v) is 10.4. The molecule has 0 radical (unpaired) electrons. The highest BCUT2D eigenvalue weighted by Gasteiger charge is 2.30. The second-order valence-electron chi connectivity index (χ2n) is 3.39. The molecule has 5 nitrogen and oxygen atoms in total. The van der Waals surface area contributed by atoms with Crippen molar-refractivity contribution in [3.05, 3.63) is 0 Å². The third kappa shape index (κ3) is 2.41. The minimum Gasteiger partial charge on any atom is -0.297 e. The van der Waals surface area contributed by atoms with E-state index < -0.39 is 0 Å². The first kappa shape index (κ1) is 11.5. The molecule has 86 valence electrons. The lowest BCUT2D eigenvalue weighted by Crippen LogP contribution is -2.24. The molecule has 1 fully saturated rings. The maximum atomic E-state index is 11.4. The predicted octanol–water partition coefficient (Wildman–Crippen LogP) is 1.35. The zero-order chi connectivity index (χ0) is 11.5. The predicted molar refractivity (Wildman–Crippen MR) is 62.9 cm³/mol. The van der Waals surface area contributed by atoms with Crippen LogP contribution in [0.3, 0.4) is 0 Å². The Balaban J connectivity index is 2.07. The van der Waals surface area contributed by atoms with Crippen LogP contribution in [0.2, 0.25) is 0 Å². The van der Waals surface area contributed by atoms with Gasteiger partial charge in [0.25, 0.3) is 0 Å². The Bertz CT molecular complexity index is 419. The molecule has 1 amide bonds. The summed E-state index contributed by atoms with van der Waals surface area (Å²) in [5, 5.41) is 8.46. The number of anilines is 1. The van der Waals surface area contributed by atoms with E-state index in [1.165, 1.54) is 16.2 Å². The van der Waals surface area contributed by atoms with Crippen LogP contribution in [0.15, 0.2) is 4.34 Å². The molecule has 1 aromatic rings. The highest BCUT2D eigenvalue weighted by Crippen LogP contribution is 2.29. The molecular weight excluding hydrogens is 246 g/mol. The number of ketones is 1. The molecule has 0 atom stereocenters. The van der Waals surface area contributed by atoms with Gasteiger partial charge < -0.3 is 0 Å². The molecule has 0 aromatic carbocycles. The van der Waals surface area contributed by atoms with Crippen molar-refractivity contribution in [1.82, 2.24) is 10.2 Å². The lowest BCUT2D eigenvalue weighted by molar-refractivity contribution is -0.121. The Morgan fingerprint density at radius 2 is 2.25 bits per heavy atom. The lowest BCUT2D eigenvalue weighted by atomic mass is 10.3. The second kappa shape index (κ2) is 4.92. The normalized spacial score (nSPS) is 16.2. The van der Waals surface area contributed by atoms with Gasteiger partial charge in [-0.05, 0) is 6.42 Å². The molecule has 1 aliphatic rings. The number of aromatic nitrogens is 2. The van der Waals surface area contributed by atoms with Crippen molar-refractivity contribution in [3.8, 4) is 0 Å². The van der Waals surface area contributed by atoms with E-state index >= 15 is 0 Å². The van der Waals surface area contributed by atoms with Crippen LogP contribution in [0.4, 0.5) is 5.13 Å². The van der Waals surface area contributed by atoms with Crippen LogP contribution in [0, 0.1) is 0 Å². The number of rotatable bonds is 4. The maximum absolute atomic E-state index is 11.4. The highest BCUT2D eigenvalue weighted by atomic mass is 32.2. The summed E-state index contributed by atoms with van der Waals surface area (Å²) >= 11 is 2.99. The van der Waals surface area contributed by atoms with Crippen LogP contribution < -0.4 is 4.90 Å². The van der Waals surface area contributed by atoms with Gasteiger partial charge in [-0.25, -0.2) is 0 Å². The number of Topliss-reactive ketones (excluding diaryl/α,β-unsaturated/α-hetero) is 1. The monoisotopic (exact) mass is 257 g/mol. The van der Waals surface area contributed by atoms with E-state index in [2.05, 4.69) is 17.1 Å². The van der Waals surface area contributed by atoms with Gasteiger partial charge in [0.05, 0.1) is 13.0 Å². The summed E-state index contributed by atoms with van der Waals surface area (Å²) in [6, 6.07) is 0. The molecule has 2 rings (SSSR count). The average Bonchev–Trinajstić information content (AvgIpc) is 2.82. The first-order valence-electron chi connectivity index (χ1n) is 4.99. The van der Waals surface area contributed by atoms with Crippen LogP contribution in [0.5, 0.6) is 0 Å². The van der Waals surface area contributed by atoms with E-state index in [-0.39, 0.29) is 24.7 Å². The van der Waals surface area contributed by atoms with Crippen molar-refractivity contribution in [2.75, 3.05) is 17.2 Å². The Morgan fingerprint density at radius 3 is 2.88 bits per heavy atom. The summed E-state index contributed by atoms with van der Waals surface area (Å²) in [6.45, 7) is 2.24. The molecule has 0 aliphatic carbocycles. The Morgan fingerprint density at radius 1 is 1.44 bits per heavy atom. The Labute approximate surface area is 101 Å². The van der Waals surface area contributed by atoms with Crippen molar-refractivity contribution < 1.29 is 9.59 Å². The lowest BCUT2D eigenvalue weighted by Gasteiger charge is -2.07. The largest absolute Gasteiger partial charge is 0.297 e. The van der Waals surface area contributed by atoms with Gasteiger partial charge >= 0.3 is 0 Å². The van der Waals surface area contributed by atoms with E-state index in [0.29, 0.717) is 5.13 Å². The number of nitrogens with zero attached hydrogens (tertiary/aromatic N) is 3. The third-order valence-corrected chi connectivity index (χ3v) is 4.33. The smallest absolute Gasteiger partial charge is 0.236 e. The third-order valence-electron chi connectivity index (χ3n) is 2.04. The fourth-order valence-corrected chi connectivity index (χ4v) is 3.10. The average molecular weight is 257 g/mol. The molecule has 0 bridgehead atoms. The van der Waals surface area contributed by atoms with Crippen LogP contribution >= 0.6 is 23.1 Å². The molecule has 7 heteroatoms. The van der Waals surface area contributed by atoms with Gasteiger partial charge in [-0.3, -0.25) is 14.5 Å². The summed E-state index contributed by atoms with van der Waals surface area (Å²) in [5.74, 6) is 0.762. The second-order valence-corrected chi connectivity index (χ2v) is 5.69. The maximum Gasteiger partial charge on any atom is 0.236 e. The topological polar surface area (TPSA) is 63.2 Å². The minimum atomic E-state index is -0.173. The van der Waals surface area contributed by atoms with Crippen molar-refractivity contribution in [2.24, 2.45) is 0 Å². The number of carbonyl (C=O) groups is 2. The summed E-state index contributed by atoms with van der Waals surface area (Å²) in [5.41, 5.74) is 0. The number of thioether (sulfide) groups is 1. The van der Waals surface area contributed by atoms with Gasteiger partial charge in [-0.1, -0.05) is 30.0 Å². The van der Waals surface area contributed by atoms with Crippen LogP contribution in [-0.2, 0) is 9.59 Å². The van der Waals surface area contributed by atoms with Gasteiger partial charge in [0, 0.05) is 5.75 Å². The number of amides is 1. The minimum absolute atomic E-state index is 0.00296. The van der Waals surface area contributed by atoms with E-state index in [1.54, 1.807) is 11.8 Å². The van der Waals surface area contributed by atoms with Gasteiger partial charge in [-0.15, -0.1) is 10.2 Å². The number of hydrogen-bond acceptors (Lipinski definition) is 6. The van der Waals surface area contributed by atoms with Crippen molar-refractivity contribution in [1.29, 1.82) is 0 Å². The van der Waals surface area contributed by atoms with Gasteiger partial charge in [0.2, 0.25) is 11.0 Å². The van der Waals surface area contributed by atoms with E-state index in [0.717, 1.165) is 16.5 Å². The SMILES string of the molecule is CCCSc1nnc(N2CC(=O)CC2=O)s1. The fraction of sp³-hybridized carbons (Fsp3) is 0.556. The molecule has 2 heterocycles. The van der Waals surface area contributed by atoms with Gasteiger partial charge in [0.1, 0.15) is 0 Å². The fourth-order valence-electron chi connectivity index (χ4n) is 1.32. The van der Waals surface area contributed by atoms with E-state index in [9.17, 15) is 9.59 Å². The first-order valence-corrected chi connectivity index (χ1v) is 6.79. The van der Waals surface area contributed by atoms with Crippen molar-refractivity contribution >= 4 is 39.9 Å². The van der Waals surface area contributed by atoms with Gasteiger partial charge in [0.15, 0.2) is 10.1 Å². The highest BCUT2D eigenvalue weighted by molar-refractivity contribution is 8.01. The standard InChI is InChI=1S/C9H11N3O2S2/c1-2-3-15-9-11-10-8(16-9)12-5-6(13)4-7(12)14/h2-5H2,1H3. The molecule has 0 unspecified atom stereocenters. The molecule has 1 saturated heterocycles. The Hall–Kier alpha value is -0.950. The van der Waals surface area contributed by atoms with Crippen molar-refractivity contribution in [2.45, 2.75) is 24.1 Å². The quantitative estimate of drug-likeness (QED) is 0.463. The molecule has 0 spiro atoms. The first-order chi connectivity index (χ1) is 7.70. The summed E-state index contributed by atoms with van der Waals surface area (Å²) in [4.78, 5) is 24.0. The van der Waals surface area contributed by atoms with Gasteiger partial charge in [-0.2, -0.15) is 0 Å². The molecule has 0 saturated carbocycles. The van der Waals surface area contributed by atoms with E-state index in [4.69, 9.17) is 0 Å². The number of hydrogen-bond donors (Lipinski definition) is 0. The number of carbonyl (C=O) groups excluding carboxylic acids is 2. The summed E-state index contributed by atoms with van der Waals surface area (Å²) in [6.07, 6.45) is 1.07. The molecule has 1 aliphatic heterocycles. The van der Waals surface area contributed by atoms with Crippen molar-refractivity contribution in [3.63, 3.8) is 0 Å². The van der Waals surface area contributed by atoms with Crippen LogP contribution in [0.25, 0.3) is 0 Å². The van der Waals surface area contributed by atoms with E-state index in [1.807, 2.05) is 0 Å². The Kier molecular flexibility index (Phi) is 3.55. The summed E-state index contributed by atoms with van der Waals surface area (Å²) < 4.78 is 0.851. The molecule has 1 aromatic heterocycles. The molecular formula is C9H11N3O2S2. The molecule has 0 N–H and O–H groups in total. The van der Waals surface area contributed by atoms with Crippen LogP contribution in [-0.4, -0.2) is 34.2 Å². The van der Waals surface area contributed by atoms with Crippen LogP contribution in [0.1, 0.15) is 19.8 Å². The summed E-state index contributed by atoms with van der Waals surface area (Å²) in [7, 11) is 0.